The number of carbonyl (C=O) groups is 1. The second kappa shape index (κ2) is 4.80. The summed E-state index contributed by atoms with van der Waals surface area (Å²) >= 11 is 0. The van der Waals surface area contributed by atoms with Crippen LogP contribution in [0.2, 0.25) is 0 Å². The third kappa shape index (κ3) is 2.87. The summed E-state index contributed by atoms with van der Waals surface area (Å²) in [6.07, 6.45) is 1.15. The van der Waals surface area contributed by atoms with Crippen molar-refractivity contribution in [3.63, 3.8) is 0 Å². The molecular weight excluding hydrogens is 176 g/mol. The largest absolute Gasteiger partial charge is 0.491 e. The Balaban J connectivity index is 2.78. The molecule has 0 spiro atoms. The maximum Gasteiger partial charge on any atom is 0.159 e. The number of ether oxygens (including phenoxy) is 1. The van der Waals surface area contributed by atoms with E-state index in [9.17, 15) is 4.79 Å². The van der Waals surface area contributed by atoms with Crippen LogP contribution in [0.3, 0.4) is 0 Å². The summed E-state index contributed by atoms with van der Waals surface area (Å²) < 4.78 is 5.60. The molecule has 0 N–H and O–H groups in total. The molecule has 1 aromatic rings. The van der Waals surface area contributed by atoms with Gasteiger partial charge in [0.1, 0.15) is 5.75 Å². The van der Waals surface area contributed by atoms with Crippen molar-refractivity contribution < 1.29 is 9.53 Å². The zero-order chi connectivity index (χ0) is 10.6. The normalized spacial score (nSPS) is 12.2. The summed E-state index contributed by atoms with van der Waals surface area (Å²) in [4.78, 5) is 11.1. The van der Waals surface area contributed by atoms with Crippen molar-refractivity contribution in [1.29, 1.82) is 0 Å². The summed E-state index contributed by atoms with van der Waals surface area (Å²) in [5, 5.41) is 0. The van der Waals surface area contributed by atoms with E-state index in [2.05, 4.69) is 6.92 Å². The lowest BCUT2D eigenvalue weighted by Gasteiger charge is -2.12. The Labute approximate surface area is 84.9 Å². The van der Waals surface area contributed by atoms with Gasteiger partial charge in [0.2, 0.25) is 0 Å². The van der Waals surface area contributed by atoms with Crippen molar-refractivity contribution in [3.05, 3.63) is 29.8 Å². The van der Waals surface area contributed by atoms with E-state index in [1.165, 1.54) is 0 Å². The van der Waals surface area contributed by atoms with E-state index in [1.54, 1.807) is 19.1 Å². The first-order valence-electron chi connectivity index (χ1n) is 4.91. The lowest BCUT2D eigenvalue weighted by Crippen LogP contribution is -2.09. The lowest BCUT2D eigenvalue weighted by atomic mass is 10.1. The molecule has 0 saturated carbocycles. The predicted molar refractivity (Wildman–Crippen MR) is 56.8 cm³/mol. The molecule has 1 aromatic carbocycles. The van der Waals surface area contributed by atoms with Gasteiger partial charge in [0.25, 0.3) is 0 Å². The van der Waals surface area contributed by atoms with Gasteiger partial charge in [0, 0.05) is 5.56 Å². The maximum atomic E-state index is 11.1. The van der Waals surface area contributed by atoms with E-state index in [0.717, 1.165) is 12.2 Å². The fourth-order valence-corrected chi connectivity index (χ4v) is 1.10. The van der Waals surface area contributed by atoms with E-state index < -0.39 is 0 Å². The predicted octanol–water partition coefficient (Wildman–Crippen LogP) is 3.07. The van der Waals surface area contributed by atoms with Crippen molar-refractivity contribution in [2.24, 2.45) is 0 Å². The third-order valence-corrected chi connectivity index (χ3v) is 2.15. The second-order valence-electron chi connectivity index (χ2n) is 3.42. The second-order valence-corrected chi connectivity index (χ2v) is 3.42. The van der Waals surface area contributed by atoms with E-state index in [0.29, 0.717) is 5.56 Å². The van der Waals surface area contributed by atoms with Gasteiger partial charge >= 0.3 is 0 Å². The average Bonchev–Trinajstić information content (AvgIpc) is 2.18. The van der Waals surface area contributed by atoms with Crippen molar-refractivity contribution >= 4 is 5.78 Å². The number of hydrogen-bond acceptors (Lipinski definition) is 2. The molecule has 0 aliphatic rings. The molecular formula is C12H16O2. The minimum Gasteiger partial charge on any atom is -0.491 e. The van der Waals surface area contributed by atoms with Crippen molar-refractivity contribution in [3.8, 4) is 5.75 Å². The smallest absolute Gasteiger partial charge is 0.159 e. The molecule has 2 heteroatoms. The summed E-state index contributed by atoms with van der Waals surface area (Å²) in [5.41, 5.74) is 0.700. The Morgan fingerprint density at radius 3 is 2.79 bits per heavy atom. The number of hydrogen-bond donors (Lipinski definition) is 0. The number of benzene rings is 1. The molecule has 2 nitrogen and oxygen atoms in total. The van der Waals surface area contributed by atoms with Crippen LogP contribution in [0.5, 0.6) is 5.75 Å². The van der Waals surface area contributed by atoms with Gasteiger partial charge in [-0.2, -0.15) is 0 Å². The molecule has 0 bridgehead atoms. The molecule has 1 atom stereocenters. The Bertz CT molecular complexity index is 318. The Hall–Kier alpha value is -1.31. The lowest BCUT2D eigenvalue weighted by molar-refractivity contribution is 0.101. The average molecular weight is 192 g/mol. The minimum atomic E-state index is 0.0691. The maximum absolute atomic E-state index is 11.1. The van der Waals surface area contributed by atoms with Crippen LogP contribution in [-0.4, -0.2) is 11.9 Å². The number of Topliss-reactive ketones (excluding diaryl/α,β-unsaturated/α-hetero) is 1. The van der Waals surface area contributed by atoms with Crippen molar-refractivity contribution in [2.75, 3.05) is 0 Å². The molecule has 0 radical (unpaired) electrons. The molecule has 14 heavy (non-hydrogen) atoms. The molecule has 0 aliphatic heterocycles. The van der Waals surface area contributed by atoms with Crippen LogP contribution in [-0.2, 0) is 0 Å². The zero-order valence-electron chi connectivity index (χ0n) is 8.91. The number of carbonyl (C=O) groups excluding carboxylic acids is 1. The highest BCUT2D eigenvalue weighted by Crippen LogP contribution is 2.15. The SMILES string of the molecule is CCC(C)Oc1cccc(C(C)=O)c1. The van der Waals surface area contributed by atoms with Gasteiger partial charge in [-0.05, 0) is 32.4 Å². The molecule has 0 aromatic heterocycles. The quantitative estimate of drug-likeness (QED) is 0.685. The molecule has 1 rings (SSSR count). The van der Waals surface area contributed by atoms with E-state index >= 15 is 0 Å². The van der Waals surface area contributed by atoms with Crippen LogP contribution in [0.1, 0.15) is 37.6 Å². The van der Waals surface area contributed by atoms with Gasteiger partial charge in [-0.25, -0.2) is 0 Å². The van der Waals surface area contributed by atoms with Gasteiger partial charge in [-0.1, -0.05) is 19.1 Å². The van der Waals surface area contributed by atoms with E-state index in [4.69, 9.17) is 4.74 Å². The zero-order valence-corrected chi connectivity index (χ0v) is 8.91. The standard InChI is InChI=1S/C12H16O2/c1-4-9(2)14-12-7-5-6-11(8-12)10(3)13/h5-9H,4H2,1-3H3. The molecule has 76 valence electrons. The van der Waals surface area contributed by atoms with Gasteiger partial charge < -0.3 is 4.74 Å². The Morgan fingerprint density at radius 1 is 1.50 bits per heavy atom. The number of ketones is 1. The van der Waals surface area contributed by atoms with E-state index in [1.807, 2.05) is 19.1 Å². The summed E-state index contributed by atoms with van der Waals surface area (Å²) in [6, 6.07) is 7.30. The van der Waals surface area contributed by atoms with Gasteiger partial charge in [0.05, 0.1) is 6.10 Å². The van der Waals surface area contributed by atoms with Crippen LogP contribution in [0.25, 0.3) is 0 Å². The Kier molecular flexibility index (Phi) is 3.69. The van der Waals surface area contributed by atoms with Gasteiger partial charge in [0.15, 0.2) is 5.78 Å². The van der Waals surface area contributed by atoms with Crippen LogP contribution in [0.15, 0.2) is 24.3 Å². The van der Waals surface area contributed by atoms with Gasteiger partial charge in [-0.3, -0.25) is 4.79 Å². The van der Waals surface area contributed by atoms with Crippen LogP contribution in [0, 0.1) is 0 Å². The molecule has 0 aliphatic carbocycles. The highest BCUT2D eigenvalue weighted by Gasteiger charge is 2.03. The minimum absolute atomic E-state index is 0.0691. The topological polar surface area (TPSA) is 26.3 Å². The first kappa shape index (κ1) is 10.8. The van der Waals surface area contributed by atoms with Crippen molar-refractivity contribution in [2.45, 2.75) is 33.3 Å². The summed E-state index contributed by atoms with van der Waals surface area (Å²) in [6.45, 7) is 5.64. The van der Waals surface area contributed by atoms with E-state index in [-0.39, 0.29) is 11.9 Å². The first-order chi connectivity index (χ1) is 6.63. The summed E-state index contributed by atoms with van der Waals surface area (Å²) in [5.74, 6) is 0.839. The molecule has 0 fully saturated rings. The molecule has 0 saturated heterocycles. The fourth-order valence-electron chi connectivity index (χ4n) is 1.10. The van der Waals surface area contributed by atoms with Crippen LogP contribution in [0.4, 0.5) is 0 Å². The van der Waals surface area contributed by atoms with Crippen LogP contribution < -0.4 is 4.74 Å². The summed E-state index contributed by atoms with van der Waals surface area (Å²) in [7, 11) is 0. The van der Waals surface area contributed by atoms with Crippen molar-refractivity contribution in [1.82, 2.24) is 0 Å². The first-order valence-corrected chi connectivity index (χ1v) is 4.91. The highest BCUT2D eigenvalue weighted by atomic mass is 16.5. The molecule has 1 unspecified atom stereocenters. The monoisotopic (exact) mass is 192 g/mol. The molecule has 0 heterocycles. The fraction of sp³-hybridized carbons (Fsp3) is 0.417. The molecule has 0 amide bonds. The third-order valence-electron chi connectivity index (χ3n) is 2.15. The van der Waals surface area contributed by atoms with Gasteiger partial charge in [-0.15, -0.1) is 0 Å². The van der Waals surface area contributed by atoms with Crippen LogP contribution >= 0.6 is 0 Å². The Morgan fingerprint density at radius 2 is 2.21 bits per heavy atom. The number of rotatable bonds is 4. The highest BCUT2D eigenvalue weighted by molar-refractivity contribution is 5.94.